The maximum Gasteiger partial charge on any atom is 0.416 e. The molecular weight excluding hydrogens is 326 g/mol. The molecule has 8 heteroatoms. The summed E-state index contributed by atoms with van der Waals surface area (Å²) in [6, 6.07) is 6.43. The molecule has 0 atom stereocenters. The fraction of sp³-hybridized carbons (Fsp3) is 0.154. The van der Waals surface area contributed by atoms with Gasteiger partial charge in [0, 0.05) is 22.8 Å². The number of anilines is 3. The van der Waals surface area contributed by atoms with E-state index in [1.807, 2.05) is 0 Å². The molecule has 0 spiro atoms. The van der Waals surface area contributed by atoms with Crippen molar-refractivity contribution in [1.29, 1.82) is 0 Å². The standard InChI is InChI=1S/C13H10Cl2F3N3/c1-19-11-2-7(13(16,17)18)3-12(21-11)20-10-5-8(14)4-9(15)6-10/h2-6H,1H3,(H2,19,20,21). The van der Waals surface area contributed by atoms with Gasteiger partial charge in [-0.3, -0.25) is 0 Å². The van der Waals surface area contributed by atoms with E-state index in [1.54, 1.807) is 0 Å². The Morgan fingerprint density at radius 3 is 2.05 bits per heavy atom. The van der Waals surface area contributed by atoms with Crippen molar-refractivity contribution in [2.75, 3.05) is 17.7 Å². The molecule has 0 bridgehead atoms. The van der Waals surface area contributed by atoms with Crippen LogP contribution in [0.4, 0.5) is 30.5 Å². The SMILES string of the molecule is CNc1cc(C(F)(F)F)cc(Nc2cc(Cl)cc(Cl)c2)n1. The Labute approximate surface area is 129 Å². The molecule has 3 nitrogen and oxygen atoms in total. The zero-order valence-electron chi connectivity index (χ0n) is 10.7. The Morgan fingerprint density at radius 1 is 0.952 bits per heavy atom. The Bertz CT molecular complexity index is 639. The normalized spacial score (nSPS) is 11.3. The molecule has 2 N–H and O–H groups in total. The van der Waals surface area contributed by atoms with Gasteiger partial charge >= 0.3 is 6.18 Å². The van der Waals surface area contributed by atoms with Gasteiger partial charge < -0.3 is 10.6 Å². The highest BCUT2D eigenvalue weighted by molar-refractivity contribution is 6.35. The maximum absolute atomic E-state index is 12.8. The molecule has 112 valence electrons. The molecule has 2 rings (SSSR count). The predicted molar refractivity (Wildman–Crippen MR) is 78.5 cm³/mol. The van der Waals surface area contributed by atoms with Gasteiger partial charge in [-0.1, -0.05) is 23.2 Å². The second kappa shape index (κ2) is 5.99. The third kappa shape index (κ3) is 4.15. The van der Waals surface area contributed by atoms with Gasteiger partial charge in [0.25, 0.3) is 0 Å². The summed E-state index contributed by atoms with van der Waals surface area (Å²) in [6.07, 6.45) is -4.46. The van der Waals surface area contributed by atoms with Crippen LogP contribution in [0.5, 0.6) is 0 Å². The van der Waals surface area contributed by atoms with Crippen molar-refractivity contribution in [3.63, 3.8) is 0 Å². The van der Waals surface area contributed by atoms with Crippen molar-refractivity contribution >= 4 is 40.5 Å². The molecular formula is C13H10Cl2F3N3. The predicted octanol–water partition coefficient (Wildman–Crippen LogP) is 5.19. The number of hydrogen-bond donors (Lipinski definition) is 2. The third-order valence-electron chi connectivity index (χ3n) is 2.54. The highest BCUT2D eigenvalue weighted by Crippen LogP contribution is 2.33. The average molecular weight is 336 g/mol. The van der Waals surface area contributed by atoms with Gasteiger partial charge in [0.15, 0.2) is 0 Å². The Kier molecular flexibility index (Phi) is 4.49. The van der Waals surface area contributed by atoms with Gasteiger partial charge in [0.05, 0.1) is 5.56 Å². The molecule has 0 unspecified atom stereocenters. The topological polar surface area (TPSA) is 37.0 Å². The van der Waals surface area contributed by atoms with E-state index < -0.39 is 11.7 Å². The highest BCUT2D eigenvalue weighted by Gasteiger charge is 2.31. The second-order valence-electron chi connectivity index (χ2n) is 4.16. The van der Waals surface area contributed by atoms with E-state index in [0.29, 0.717) is 15.7 Å². The number of aromatic nitrogens is 1. The van der Waals surface area contributed by atoms with Gasteiger partial charge in [0.2, 0.25) is 0 Å². The molecule has 0 radical (unpaired) electrons. The van der Waals surface area contributed by atoms with E-state index >= 15 is 0 Å². The van der Waals surface area contributed by atoms with Crippen molar-refractivity contribution < 1.29 is 13.2 Å². The van der Waals surface area contributed by atoms with Crippen LogP contribution in [0.1, 0.15) is 5.56 Å². The minimum atomic E-state index is -4.46. The second-order valence-corrected chi connectivity index (χ2v) is 5.03. The summed E-state index contributed by atoms with van der Waals surface area (Å²) in [5, 5.41) is 6.07. The summed E-state index contributed by atoms with van der Waals surface area (Å²) < 4.78 is 38.5. The lowest BCUT2D eigenvalue weighted by Gasteiger charge is -2.13. The molecule has 0 aliphatic heterocycles. The molecule has 0 aliphatic rings. The lowest BCUT2D eigenvalue weighted by atomic mass is 10.2. The third-order valence-corrected chi connectivity index (χ3v) is 2.98. The van der Waals surface area contributed by atoms with E-state index in [9.17, 15) is 13.2 Å². The molecule has 2 aromatic rings. The van der Waals surface area contributed by atoms with Crippen molar-refractivity contribution in [3.05, 3.63) is 45.9 Å². The van der Waals surface area contributed by atoms with Crippen molar-refractivity contribution in [2.24, 2.45) is 0 Å². The van der Waals surface area contributed by atoms with Crippen LogP contribution < -0.4 is 10.6 Å². The minimum Gasteiger partial charge on any atom is -0.373 e. The largest absolute Gasteiger partial charge is 0.416 e. The van der Waals surface area contributed by atoms with Crippen LogP contribution >= 0.6 is 23.2 Å². The van der Waals surface area contributed by atoms with Crippen LogP contribution in [-0.4, -0.2) is 12.0 Å². The fourth-order valence-electron chi connectivity index (χ4n) is 1.66. The fourth-order valence-corrected chi connectivity index (χ4v) is 2.19. The van der Waals surface area contributed by atoms with E-state index in [1.165, 1.54) is 25.2 Å². The molecule has 21 heavy (non-hydrogen) atoms. The number of nitrogens with one attached hydrogen (secondary N) is 2. The molecule has 0 aliphatic carbocycles. The summed E-state index contributed by atoms with van der Waals surface area (Å²) in [5.41, 5.74) is -0.362. The molecule has 0 amide bonds. The van der Waals surface area contributed by atoms with Crippen molar-refractivity contribution in [1.82, 2.24) is 4.98 Å². The first kappa shape index (κ1) is 15.7. The lowest BCUT2D eigenvalue weighted by Crippen LogP contribution is -2.08. The summed E-state index contributed by atoms with van der Waals surface area (Å²) in [6.45, 7) is 0. The molecule has 1 heterocycles. The van der Waals surface area contributed by atoms with Gasteiger partial charge in [-0.25, -0.2) is 4.98 Å². The zero-order chi connectivity index (χ0) is 15.6. The first-order valence-corrected chi connectivity index (χ1v) is 6.53. The lowest BCUT2D eigenvalue weighted by molar-refractivity contribution is -0.137. The summed E-state index contributed by atoms with van der Waals surface area (Å²) in [7, 11) is 1.49. The van der Waals surface area contributed by atoms with Crippen LogP contribution in [0.15, 0.2) is 30.3 Å². The quantitative estimate of drug-likeness (QED) is 0.810. The highest BCUT2D eigenvalue weighted by atomic mass is 35.5. The number of pyridine rings is 1. The molecule has 0 fully saturated rings. The number of benzene rings is 1. The van der Waals surface area contributed by atoms with Gasteiger partial charge in [0.1, 0.15) is 11.6 Å². The van der Waals surface area contributed by atoms with Gasteiger partial charge in [-0.2, -0.15) is 13.2 Å². The number of halogens is 5. The smallest absolute Gasteiger partial charge is 0.373 e. The van der Waals surface area contributed by atoms with Crippen LogP contribution in [-0.2, 0) is 6.18 Å². The molecule has 1 aromatic carbocycles. The zero-order valence-corrected chi connectivity index (χ0v) is 12.2. The Morgan fingerprint density at radius 2 is 1.52 bits per heavy atom. The van der Waals surface area contributed by atoms with Gasteiger partial charge in [-0.15, -0.1) is 0 Å². The van der Waals surface area contributed by atoms with Crippen LogP contribution in [0.2, 0.25) is 10.0 Å². The summed E-state index contributed by atoms with van der Waals surface area (Å²) in [4.78, 5) is 4.01. The average Bonchev–Trinajstić information content (AvgIpc) is 2.36. The number of nitrogens with zero attached hydrogens (tertiary/aromatic N) is 1. The van der Waals surface area contributed by atoms with E-state index in [0.717, 1.165) is 12.1 Å². The monoisotopic (exact) mass is 335 g/mol. The summed E-state index contributed by atoms with van der Waals surface area (Å²) >= 11 is 11.7. The minimum absolute atomic E-state index is 0.0347. The molecule has 1 aromatic heterocycles. The van der Waals surface area contributed by atoms with Crippen LogP contribution in [0.25, 0.3) is 0 Å². The van der Waals surface area contributed by atoms with E-state index in [2.05, 4.69) is 15.6 Å². The first-order valence-electron chi connectivity index (χ1n) is 5.78. The maximum atomic E-state index is 12.8. The number of hydrogen-bond acceptors (Lipinski definition) is 3. The van der Waals surface area contributed by atoms with E-state index in [4.69, 9.17) is 23.2 Å². The Balaban J connectivity index is 2.39. The van der Waals surface area contributed by atoms with Crippen LogP contribution in [0, 0.1) is 0 Å². The van der Waals surface area contributed by atoms with E-state index in [-0.39, 0.29) is 11.6 Å². The molecule has 0 saturated carbocycles. The Hall–Kier alpha value is -1.66. The first-order chi connectivity index (χ1) is 9.77. The summed E-state index contributed by atoms with van der Waals surface area (Å²) in [5.74, 6) is 0.132. The molecule has 0 saturated heterocycles. The van der Waals surface area contributed by atoms with Crippen molar-refractivity contribution in [3.8, 4) is 0 Å². The van der Waals surface area contributed by atoms with Crippen molar-refractivity contribution in [2.45, 2.75) is 6.18 Å². The van der Waals surface area contributed by atoms with Crippen LogP contribution in [0.3, 0.4) is 0 Å². The number of alkyl halides is 3. The van der Waals surface area contributed by atoms with Gasteiger partial charge in [-0.05, 0) is 30.3 Å². The number of rotatable bonds is 3.